The Morgan fingerprint density at radius 2 is 2.12 bits per heavy atom. The van der Waals surface area contributed by atoms with Gasteiger partial charge in [0, 0.05) is 24.9 Å². The van der Waals surface area contributed by atoms with Crippen molar-refractivity contribution in [2.45, 2.75) is 32.1 Å². The number of hydrogen-bond donors (Lipinski definition) is 1. The number of fused-ring (bicyclic) bond motifs is 2. The number of hydrogen-bond acceptors (Lipinski definition) is 3. The van der Waals surface area contributed by atoms with E-state index in [9.17, 15) is 9.59 Å². The monoisotopic (exact) mass is 347 g/mol. The fraction of sp³-hybridized carbons (Fsp3) is 0.286. The maximum Gasteiger partial charge on any atom is 0.270 e. The van der Waals surface area contributed by atoms with Crippen LogP contribution in [-0.2, 0) is 6.42 Å². The molecule has 5 nitrogen and oxygen atoms in total. The van der Waals surface area contributed by atoms with Crippen molar-refractivity contribution in [3.63, 3.8) is 0 Å². The Kier molecular flexibility index (Phi) is 4.29. The van der Waals surface area contributed by atoms with Crippen LogP contribution in [0.5, 0.6) is 0 Å². The predicted molar refractivity (Wildman–Crippen MR) is 101 cm³/mol. The number of rotatable bonds is 3. The zero-order valence-electron chi connectivity index (χ0n) is 14.7. The van der Waals surface area contributed by atoms with Crippen molar-refractivity contribution in [2.75, 3.05) is 6.54 Å². The normalized spacial score (nSPS) is 16.3. The van der Waals surface area contributed by atoms with Crippen molar-refractivity contribution in [1.82, 2.24) is 14.7 Å². The third-order valence-corrected chi connectivity index (χ3v) is 5.10. The molecule has 2 aromatic heterocycles. The van der Waals surface area contributed by atoms with Gasteiger partial charge in [-0.15, -0.1) is 0 Å². The van der Waals surface area contributed by atoms with E-state index in [2.05, 4.69) is 28.5 Å². The van der Waals surface area contributed by atoms with Crippen LogP contribution in [-0.4, -0.2) is 21.8 Å². The molecule has 1 aliphatic carbocycles. The Bertz CT molecular complexity index is 1040. The van der Waals surface area contributed by atoms with Gasteiger partial charge in [-0.05, 0) is 48.9 Å². The van der Waals surface area contributed by atoms with Gasteiger partial charge >= 0.3 is 0 Å². The molecule has 1 unspecified atom stereocenters. The van der Waals surface area contributed by atoms with Crippen LogP contribution in [0.2, 0.25) is 0 Å². The number of benzene rings is 1. The Hall–Kier alpha value is -2.95. The molecule has 0 radical (unpaired) electrons. The molecule has 132 valence electrons. The van der Waals surface area contributed by atoms with Crippen LogP contribution in [0, 0.1) is 6.92 Å². The van der Waals surface area contributed by atoms with Crippen LogP contribution in [0.1, 0.15) is 45.8 Å². The topological polar surface area (TPSA) is 63.5 Å². The van der Waals surface area contributed by atoms with Crippen LogP contribution in [0.15, 0.2) is 53.6 Å². The van der Waals surface area contributed by atoms with E-state index in [-0.39, 0.29) is 17.0 Å². The number of amides is 1. The van der Waals surface area contributed by atoms with Crippen LogP contribution in [0.3, 0.4) is 0 Å². The fourth-order valence-corrected chi connectivity index (χ4v) is 3.72. The quantitative estimate of drug-likeness (QED) is 0.792. The van der Waals surface area contributed by atoms with Crippen molar-refractivity contribution in [1.29, 1.82) is 0 Å². The smallest absolute Gasteiger partial charge is 0.270 e. The molecule has 3 aromatic rings. The van der Waals surface area contributed by atoms with Gasteiger partial charge in [-0.2, -0.15) is 0 Å². The van der Waals surface area contributed by atoms with Crippen molar-refractivity contribution >= 4 is 11.6 Å². The first-order chi connectivity index (χ1) is 12.6. The minimum atomic E-state index is -0.360. The van der Waals surface area contributed by atoms with E-state index >= 15 is 0 Å². The standard InChI is InChI=1S/C21H21N3O2/c1-14-9-10-19-22-12-18(21(26)24(19)13-14)20(25)23-11-16-7-4-6-15-5-2-3-8-17(15)16/h2-3,5,8-10,12-13,16H,4,6-7,11H2,1H3,(H,23,25). The molecule has 2 heterocycles. The number of aromatic nitrogens is 2. The summed E-state index contributed by atoms with van der Waals surface area (Å²) in [6.07, 6.45) is 6.34. The van der Waals surface area contributed by atoms with Gasteiger partial charge in [-0.3, -0.25) is 14.0 Å². The minimum absolute atomic E-state index is 0.0807. The Balaban J connectivity index is 1.55. The summed E-state index contributed by atoms with van der Waals surface area (Å²) in [5, 5.41) is 2.94. The first-order valence-corrected chi connectivity index (χ1v) is 8.97. The van der Waals surface area contributed by atoms with Crippen LogP contribution in [0.25, 0.3) is 5.65 Å². The molecule has 0 saturated carbocycles. The molecule has 0 aliphatic heterocycles. The largest absolute Gasteiger partial charge is 0.351 e. The van der Waals surface area contributed by atoms with Crippen LogP contribution < -0.4 is 10.9 Å². The van der Waals surface area contributed by atoms with Gasteiger partial charge in [0.1, 0.15) is 11.2 Å². The Morgan fingerprint density at radius 3 is 3.00 bits per heavy atom. The second-order valence-corrected chi connectivity index (χ2v) is 6.91. The molecule has 1 N–H and O–H groups in total. The molecule has 1 aliphatic rings. The summed E-state index contributed by atoms with van der Waals surface area (Å²) in [7, 11) is 0. The summed E-state index contributed by atoms with van der Waals surface area (Å²) in [6.45, 7) is 2.44. The summed E-state index contributed by atoms with van der Waals surface area (Å²) in [5.74, 6) is -0.0659. The summed E-state index contributed by atoms with van der Waals surface area (Å²) in [6, 6.07) is 12.1. The molecule has 26 heavy (non-hydrogen) atoms. The van der Waals surface area contributed by atoms with E-state index in [1.165, 1.54) is 21.7 Å². The second-order valence-electron chi connectivity index (χ2n) is 6.91. The third-order valence-electron chi connectivity index (χ3n) is 5.10. The highest BCUT2D eigenvalue weighted by atomic mass is 16.2. The van der Waals surface area contributed by atoms with Crippen molar-refractivity contribution < 1.29 is 4.79 Å². The summed E-state index contributed by atoms with van der Waals surface area (Å²) in [5.41, 5.74) is 3.90. The second kappa shape index (κ2) is 6.75. The molecular formula is C21H21N3O2. The lowest BCUT2D eigenvalue weighted by molar-refractivity contribution is 0.0948. The Morgan fingerprint density at radius 1 is 1.27 bits per heavy atom. The summed E-state index contributed by atoms with van der Waals surface area (Å²) >= 11 is 0. The number of aryl methyl sites for hydroxylation is 2. The Labute approximate surface area is 151 Å². The molecule has 0 bridgehead atoms. The minimum Gasteiger partial charge on any atom is -0.351 e. The van der Waals surface area contributed by atoms with E-state index in [0.29, 0.717) is 18.1 Å². The SMILES string of the molecule is Cc1ccc2ncc(C(=O)NCC3CCCc4ccccc43)c(=O)n2c1. The average Bonchev–Trinajstić information content (AvgIpc) is 2.67. The van der Waals surface area contributed by atoms with Crippen LogP contribution >= 0.6 is 0 Å². The van der Waals surface area contributed by atoms with Gasteiger partial charge in [-0.1, -0.05) is 30.3 Å². The number of pyridine rings is 1. The molecule has 1 amide bonds. The van der Waals surface area contributed by atoms with Gasteiger partial charge in [-0.25, -0.2) is 4.98 Å². The lowest BCUT2D eigenvalue weighted by Crippen LogP contribution is -2.34. The number of carbonyl (C=O) groups is 1. The zero-order chi connectivity index (χ0) is 18.1. The molecular weight excluding hydrogens is 326 g/mol. The maximum atomic E-state index is 12.6. The lowest BCUT2D eigenvalue weighted by Gasteiger charge is -2.25. The van der Waals surface area contributed by atoms with E-state index in [4.69, 9.17) is 0 Å². The van der Waals surface area contributed by atoms with Gasteiger partial charge in [0.15, 0.2) is 0 Å². The number of nitrogens with zero attached hydrogens (tertiary/aromatic N) is 2. The zero-order valence-corrected chi connectivity index (χ0v) is 14.7. The molecule has 4 rings (SSSR count). The van der Waals surface area contributed by atoms with Crippen LogP contribution in [0.4, 0.5) is 0 Å². The predicted octanol–water partition coefficient (Wildman–Crippen LogP) is 2.85. The van der Waals surface area contributed by atoms with E-state index in [1.54, 1.807) is 12.3 Å². The van der Waals surface area contributed by atoms with Crippen molar-refractivity contribution in [3.05, 3.63) is 81.4 Å². The molecule has 0 fully saturated rings. The molecule has 1 atom stereocenters. The molecule has 5 heteroatoms. The van der Waals surface area contributed by atoms with E-state index in [1.807, 2.05) is 19.1 Å². The first kappa shape index (κ1) is 16.5. The summed E-state index contributed by atoms with van der Waals surface area (Å²) in [4.78, 5) is 29.5. The first-order valence-electron chi connectivity index (χ1n) is 8.97. The van der Waals surface area contributed by atoms with E-state index < -0.39 is 0 Å². The third kappa shape index (κ3) is 3.01. The molecule has 0 saturated heterocycles. The number of carbonyl (C=O) groups excluding carboxylic acids is 1. The maximum absolute atomic E-state index is 12.6. The van der Waals surface area contributed by atoms with E-state index in [0.717, 1.165) is 24.8 Å². The van der Waals surface area contributed by atoms with Gasteiger partial charge in [0.2, 0.25) is 0 Å². The highest BCUT2D eigenvalue weighted by Gasteiger charge is 2.21. The van der Waals surface area contributed by atoms with Gasteiger partial charge < -0.3 is 5.32 Å². The van der Waals surface area contributed by atoms with Gasteiger partial charge in [0.05, 0.1) is 0 Å². The lowest BCUT2D eigenvalue weighted by atomic mass is 9.83. The van der Waals surface area contributed by atoms with Crippen molar-refractivity contribution in [3.8, 4) is 0 Å². The highest BCUT2D eigenvalue weighted by Crippen LogP contribution is 2.30. The highest BCUT2D eigenvalue weighted by molar-refractivity contribution is 5.93. The molecule has 1 aromatic carbocycles. The number of nitrogens with one attached hydrogen (secondary N) is 1. The summed E-state index contributed by atoms with van der Waals surface area (Å²) < 4.78 is 1.43. The average molecular weight is 347 g/mol. The van der Waals surface area contributed by atoms with Gasteiger partial charge in [0.25, 0.3) is 11.5 Å². The molecule has 0 spiro atoms. The van der Waals surface area contributed by atoms with Crippen molar-refractivity contribution in [2.24, 2.45) is 0 Å². The fourth-order valence-electron chi connectivity index (χ4n) is 3.72.